The van der Waals surface area contributed by atoms with Gasteiger partial charge in [-0.1, -0.05) is 6.07 Å². The standard InChI is InChI=1S/C23H30N6O4/c1-23(2,24)20(31)27-9-11-28(12-10-27)21(32)25-19-7-8-29(22(33)26-19)17-5-3-16-14-18(30)6-4-15(16)13-17/h3,5,7-8,13,18,30H,4,6,9-12,14,24H2,1-2H3,(H,25,26,32,33). The zero-order valence-corrected chi connectivity index (χ0v) is 19.0. The van der Waals surface area contributed by atoms with Crippen molar-refractivity contribution < 1.29 is 14.7 Å². The van der Waals surface area contributed by atoms with Crippen LogP contribution in [0.4, 0.5) is 10.6 Å². The Morgan fingerprint density at radius 1 is 1.12 bits per heavy atom. The number of fused-ring (bicyclic) bond motifs is 1. The lowest BCUT2D eigenvalue weighted by molar-refractivity contribution is -0.137. The van der Waals surface area contributed by atoms with Crippen molar-refractivity contribution >= 4 is 17.8 Å². The van der Waals surface area contributed by atoms with Crippen LogP contribution in [0, 0.1) is 0 Å². The number of amides is 3. The number of nitrogens with one attached hydrogen (secondary N) is 1. The number of hydrogen-bond acceptors (Lipinski definition) is 6. The molecule has 176 valence electrons. The van der Waals surface area contributed by atoms with Crippen molar-refractivity contribution in [1.29, 1.82) is 0 Å². The Hall–Kier alpha value is -3.24. The number of piperazine rings is 1. The zero-order valence-electron chi connectivity index (χ0n) is 19.0. The van der Waals surface area contributed by atoms with Crippen molar-refractivity contribution in [3.8, 4) is 5.69 Å². The molecule has 2 aliphatic rings. The summed E-state index contributed by atoms with van der Waals surface area (Å²) in [6.07, 6.45) is 3.37. The molecule has 1 unspecified atom stereocenters. The highest BCUT2D eigenvalue weighted by Crippen LogP contribution is 2.23. The molecule has 0 spiro atoms. The Labute approximate surface area is 192 Å². The highest BCUT2D eigenvalue weighted by Gasteiger charge is 2.31. The van der Waals surface area contributed by atoms with Gasteiger partial charge in [0.15, 0.2) is 0 Å². The van der Waals surface area contributed by atoms with E-state index in [0.717, 1.165) is 17.5 Å². The average Bonchev–Trinajstić information content (AvgIpc) is 2.78. The van der Waals surface area contributed by atoms with Gasteiger partial charge in [0.1, 0.15) is 5.82 Å². The number of aliphatic hydroxyl groups excluding tert-OH is 1. The van der Waals surface area contributed by atoms with E-state index in [9.17, 15) is 19.5 Å². The van der Waals surface area contributed by atoms with Crippen LogP contribution in [0.15, 0.2) is 35.3 Å². The van der Waals surface area contributed by atoms with E-state index < -0.39 is 11.2 Å². The van der Waals surface area contributed by atoms with Crippen LogP contribution in [0.1, 0.15) is 31.4 Å². The number of aromatic nitrogens is 2. The molecule has 2 heterocycles. The molecule has 0 bridgehead atoms. The number of urea groups is 1. The smallest absolute Gasteiger partial charge is 0.354 e. The first-order chi connectivity index (χ1) is 15.6. The number of anilines is 1. The van der Waals surface area contributed by atoms with E-state index >= 15 is 0 Å². The summed E-state index contributed by atoms with van der Waals surface area (Å²) in [5, 5.41) is 12.5. The molecule has 1 fully saturated rings. The normalized spacial score (nSPS) is 18.6. The Morgan fingerprint density at radius 2 is 1.82 bits per heavy atom. The summed E-state index contributed by atoms with van der Waals surface area (Å²) in [7, 11) is 0. The summed E-state index contributed by atoms with van der Waals surface area (Å²) >= 11 is 0. The second kappa shape index (κ2) is 8.95. The summed E-state index contributed by atoms with van der Waals surface area (Å²) in [6, 6.07) is 6.93. The van der Waals surface area contributed by atoms with E-state index in [1.807, 2.05) is 18.2 Å². The first-order valence-corrected chi connectivity index (χ1v) is 11.2. The molecule has 2 aromatic rings. The summed E-state index contributed by atoms with van der Waals surface area (Å²) in [5.74, 6) is 0.0233. The lowest BCUT2D eigenvalue weighted by Crippen LogP contribution is -2.58. The molecule has 0 saturated carbocycles. The number of aryl methyl sites for hydroxylation is 1. The molecule has 33 heavy (non-hydrogen) atoms. The molecule has 10 nitrogen and oxygen atoms in total. The van der Waals surface area contributed by atoms with Crippen LogP contribution in [0.3, 0.4) is 0 Å². The second-order valence-electron chi connectivity index (χ2n) is 9.25. The Morgan fingerprint density at radius 3 is 2.48 bits per heavy atom. The summed E-state index contributed by atoms with van der Waals surface area (Å²) in [5.41, 5.74) is 7.35. The highest BCUT2D eigenvalue weighted by atomic mass is 16.3. The molecular formula is C23H30N6O4. The molecule has 3 amide bonds. The minimum Gasteiger partial charge on any atom is -0.393 e. The molecule has 1 aliphatic heterocycles. The third-order valence-electron chi connectivity index (χ3n) is 6.11. The van der Waals surface area contributed by atoms with Crippen LogP contribution in [-0.4, -0.2) is 74.2 Å². The summed E-state index contributed by atoms with van der Waals surface area (Å²) in [6.45, 7) is 4.87. The lowest BCUT2D eigenvalue weighted by atomic mass is 9.89. The molecule has 4 rings (SSSR count). The molecule has 1 aromatic carbocycles. The summed E-state index contributed by atoms with van der Waals surface area (Å²) in [4.78, 5) is 44.8. The fourth-order valence-electron chi connectivity index (χ4n) is 4.25. The summed E-state index contributed by atoms with van der Waals surface area (Å²) < 4.78 is 1.43. The maximum absolute atomic E-state index is 12.6. The van der Waals surface area contributed by atoms with Crippen molar-refractivity contribution in [3.05, 3.63) is 52.1 Å². The van der Waals surface area contributed by atoms with Gasteiger partial charge in [-0.3, -0.25) is 14.7 Å². The van der Waals surface area contributed by atoms with Gasteiger partial charge in [0.25, 0.3) is 0 Å². The van der Waals surface area contributed by atoms with Gasteiger partial charge in [-0.25, -0.2) is 9.59 Å². The number of rotatable bonds is 3. The van der Waals surface area contributed by atoms with Gasteiger partial charge >= 0.3 is 11.7 Å². The molecule has 1 saturated heterocycles. The minimum atomic E-state index is -0.947. The van der Waals surface area contributed by atoms with Gasteiger partial charge in [-0.2, -0.15) is 4.98 Å². The maximum Gasteiger partial charge on any atom is 0.354 e. The fourth-order valence-corrected chi connectivity index (χ4v) is 4.25. The first kappa shape index (κ1) is 22.9. The number of hydrogen-bond donors (Lipinski definition) is 3. The van der Waals surface area contributed by atoms with Gasteiger partial charge in [0, 0.05) is 32.4 Å². The predicted octanol–water partition coefficient (Wildman–Crippen LogP) is 0.496. The minimum absolute atomic E-state index is 0.147. The quantitative estimate of drug-likeness (QED) is 0.618. The third-order valence-corrected chi connectivity index (χ3v) is 6.11. The van der Waals surface area contributed by atoms with E-state index in [1.54, 1.807) is 35.9 Å². The second-order valence-corrected chi connectivity index (χ2v) is 9.25. The van der Waals surface area contributed by atoms with Crippen LogP contribution in [0.5, 0.6) is 0 Å². The zero-order chi connectivity index (χ0) is 23.8. The van der Waals surface area contributed by atoms with Gasteiger partial charge in [-0.15, -0.1) is 0 Å². The topological polar surface area (TPSA) is 134 Å². The van der Waals surface area contributed by atoms with Crippen molar-refractivity contribution in [2.45, 2.75) is 44.8 Å². The van der Waals surface area contributed by atoms with Crippen molar-refractivity contribution in [3.63, 3.8) is 0 Å². The number of nitrogens with zero attached hydrogens (tertiary/aromatic N) is 4. The van der Waals surface area contributed by atoms with Crippen molar-refractivity contribution in [1.82, 2.24) is 19.4 Å². The van der Waals surface area contributed by atoms with Crippen molar-refractivity contribution in [2.75, 3.05) is 31.5 Å². The van der Waals surface area contributed by atoms with Crippen LogP contribution in [0.25, 0.3) is 5.69 Å². The number of carbonyl (C=O) groups is 2. The number of aliphatic hydroxyl groups is 1. The van der Waals surface area contributed by atoms with E-state index in [4.69, 9.17) is 5.73 Å². The first-order valence-electron chi connectivity index (χ1n) is 11.2. The van der Waals surface area contributed by atoms with Crippen molar-refractivity contribution in [2.24, 2.45) is 5.73 Å². The molecule has 1 atom stereocenters. The van der Waals surface area contributed by atoms with E-state index in [0.29, 0.717) is 44.7 Å². The van der Waals surface area contributed by atoms with Crippen LogP contribution in [0.2, 0.25) is 0 Å². The highest BCUT2D eigenvalue weighted by molar-refractivity contribution is 5.89. The maximum atomic E-state index is 12.6. The molecule has 1 aromatic heterocycles. The Kier molecular flexibility index (Phi) is 6.22. The molecular weight excluding hydrogens is 424 g/mol. The molecule has 1 aliphatic carbocycles. The largest absolute Gasteiger partial charge is 0.393 e. The van der Waals surface area contributed by atoms with Crippen LogP contribution >= 0.6 is 0 Å². The molecule has 4 N–H and O–H groups in total. The lowest BCUT2D eigenvalue weighted by Gasteiger charge is -2.37. The third kappa shape index (κ3) is 5.07. The average molecular weight is 455 g/mol. The van der Waals surface area contributed by atoms with Gasteiger partial charge < -0.3 is 20.6 Å². The number of carbonyl (C=O) groups excluding carboxylic acids is 2. The number of benzene rings is 1. The molecule has 10 heteroatoms. The van der Waals surface area contributed by atoms with E-state index in [-0.39, 0.29) is 23.9 Å². The fraction of sp³-hybridized carbons (Fsp3) is 0.478. The predicted molar refractivity (Wildman–Crippen MR) is 123 cm³/mol. The SMILES string of the molecule is CC(C)(N)C(=O)N1CCN(C(=O)Nc2ccn(-c3ccc4c(c3)CCC(O)C4)c(=O)n2)CC1. The van der Waals surface area contributed by atoms with Crippen LogP contribution in [-0.2, 0) is 17.6 Å². The van der Waals surface area contributed by atoms with Gasteiger partial charge in [0.2, 0.25) is 5.91 Å². The molecule has 0 radical (unpaired) electrons. The monoisotopic (exact) mass is 454 g/mol. The Balaban J connectivity index is 1.40. The van der Waals surface area contributed by atoms with E-state index in [1.165, 1.54) is 4.57 Å². The van der Waals surface area contributed by atoms with Gasteiger partial charge in [-0.05, 0) is 62.4 Å². The number of nitrogens with two attached hydrogens (primary N) is 1. The van der Waals surface area contributed by atoms with Crippen LogP contribution < -0.4 is 16.7 Å². The Bertz CT molecular complexity index is 1110. The van der Waals surface area contributed by atoms with E-state index in [2.05, 4.69) is 10.3 Å². The van der Waals surface area contributed by atoms with Gasteiger partial charge in [0.05, 0.1) is 17.3 Å².